The molecule has 0 radical (unpaired) electrons. The first kappa shape index (κ1) is 21.6. The molecular formula is C27H34N2O2. The van der Waals surface area contributed by atoms with E-state index in [0.29, 0.717) is 6.61 Å². The highest BCUT2D eigenvalue weighted by molar-refractivity contribution is 5.82. The molecule has 1 spiro atoms. The number of hydrogen-bond donors (Lipinski definition) is 1. The highest BCUT2D eigenvalue weighted by atomic mass is 16.5. The van der Waals surface area contributed by atoms with Crippen LogP contribution in [0.3, 0.4) is 0 Å². The Balaban J connectivity index is 1.19. The molecule has 2 aromatic carbocycles. The third-order valence-corrected chi connectivity index (χ3v) is 6.87. The molecule has 1 N–H and O–H groups in total. The van der Waals surface area contributed by atoms with Crippen molar-refractivity contribution in [3.63, 3.8) is 0 Å². The summed E-state index contributed by atoms with van der Waals surface area (Å²) in [6.45, 7) is 8.04. The summed E-state index contributed by atoms with van der Waals surface area (Å²) in [5.41, 5.74) is 2.81. The van der Waals surface area contributed by atoms with E-state index in [1.807, 2.05) is 18.2 Å². The Labute approximate surface area is 186 Å². The van der Waals surface area contributed by atoms with Gasteiger partial charge < -0.3 is 10.1 Å². The van der Waals surface area contributed by atoms with Crippen LogP contribution in [0.1, 0.15) is 36.8 Å². The Kier molecular flexibility index (Phi) is 7.08. The molecule has 1 atom stereocenters. The predicted molar refractivity (Wildman–Crippen MR) is 125 cm³/mol. The third kappa shape index (κ3) is 5.56. The van der Waals surface area contributed by atoms with Crippen LogP contribution in [-0.2, 0) is 17.8 Å². The van der Waals surface area contributed by atoms with Gasteiger partial charge >= 0.3 is 0 Å². The lowest BCUT2D eigenvalue weighted by atomic mass is 9.90. The highest BCUT2D eigenvalue weighted by Crippen LogP contribution is 2.59. The Hall–Kier alpha value is -2.59. The largest absolute Gasteiger partial charge is 0.489 e. The van der Waals surface area contributed by atoms with Crippen LogP contribution in [0.25, 0.3) is 0 Å². The average molecular weight is 419 g/mol. The summed E-state index contributed by atoms with van der Waals surface area (Å²) in [5, 5.41) is 3.19. The first-order chi connectivity index (χ1) is 15.2. The first-order valence-electron chi connectivity index (χ1n) is 11.6. The summed E-state index contributed by atoms with van der Waals surface area (Å²) in [6.07, 6.45) is 7.09. The van der Waals surface area contributed by atoms with Gasteiger partial charge in [-0.1, -0.05) is 61.2 Å². The number of para-hydroxylation sites is 1. The number of nitrogens with zero attached hydrogens (tertiary/aromatic N) is 1. The number of aryl methyl sites for hydroxylation is 1. The van der Waals surface area contributed by atoms with Crippen LogP contribution in [-0.4, -0.2) is 37.0 Å². The quantitative estimate of drug-likeness (QED) is 0.453. The van der Waals surface area contributed by atoms with E-state index < -0.39 is 0 Å². The van der Waals surface area contributed by atoms with E-state index in [1.165, 1.54) is 11.1 Å². The number of hydrogen-bond acceptors (Lipinski definition) is 3. The zero-order valence-corrected chi connectivity index (χ0v) is 18.4. The van der Waals surface area contributed by atoms with Crippen LogP contribution in [0.2, 0.25) is 0 Å². The van der Waals surface area contributed by atoms with Gasteiger partial charge in [-0.3, -0.25) is 9.69 Å². The Morgan fingerprint density at radius 1 is 1.13 bits per heavy atom. The fourth-order valence-corrected chi connectivity index (χ4v) is 4.86. The van der Waals surface area contributed by atoms with Gasteiger partial charge in [0.15, 0.2) is 0 Å². The van der Waals surface area contributed by atoms with Crippen molar-refractivity contribution in [2.75, 3.05) is 26.2 Å². The predicted octanol–water partition coefficient (Wildman–Crippen LogP) is 4.60. The monoisotopic (exact) mass is 418 g/mol. The van der Waals surface area contributed by atoms with Crippen LogP contribution < -0.4 is 10.1 Å². The summed E-state index contributed by atoms with van der Waals surface area (Å²) < 4.78 is 5.81. The summed E-state index contributed by atoms with van der Waals surface area (Å²) >= 11 is 0. The van der Waals surface area contributed by atoms with Crippen LogP contribution in [0.4, 0.5) is 0 Å². The first-order valence-corrected chi connectivity index (χ1v) is 11.6. The lowest BCUT2D eigenvalue weighted by Crippen LogP contribution is -2.37. The molecule has 1 amide bonds. The van der Waals surface area contributed by atoms with E-state index in [4.69, 9.17) is 4.74 Å². The second-order valence-corrected chi connectivity index (χ2v) is 8.98. The molecule has 4 heteroatoms. The zero-order valence-electron chi connectivity index (χ0n) is 18.4. The molecule has 164 valence electrons. The molecule has 0 aromatic heterocycles. The van der Waals surface area contributed by atoms with E-state index in [9.17, 15) is 4.79 Å². The van der Waals surface area contributed by atoms with Crippen LogP contribution in [0, 0.1) is 11.3 Å². The molecule has 2 fully saturated rings. The molecule has 1 aliphatic heterocycles. The van der Waals surface area contributed by atoms with Gasteiger partial charge in [0.05, 0.1) is 0 Å². The van der Waals surface area contributed by atoms with Gasteiger partial charge in [-0.15, -0.1) is 0 Å². The molecule has 1 heterocycles. The lowest BCUT2D eigenvalue weighted by Gasteiger charge is -2.33. The number of carbonyl (C=O) groups is 1. The van der Waals surface area contributed by atoms with Crippen LogP contribution in [0.15, 0.2) is 67.3 Å². The summed E-state index contributed by atoms with van der Waals surface area (Å²) in [5.74, 6) is 1.43. The Morgan fingerprint density at radius 2 is 1.87 bits per heavy atom. The summed E-state index contributed by atoms with van der Waals surface area (Å²) in [7, 11) is 0. The van der Waals surface area contributed by atoms with Gasteiger partial charge in [-0.25, -0.2) is 0 Å². The smallest absolute Gasteiger partial charge is 0.223 e. The summed E-state index contributed by atoms with van der Waals surface area (Å²) in [4.78, 5) is 15.2. The van der Waals surface area contributed by atoms with Gasteiger partial charge in [0, 0.05) is 24.6 Å². The minimum atomic E-state index is 0.217. The second-order valence-electron chi connectivity index (χ2n) is 8.98. The number of likely N-dealkylation sites (tertiary alicyclic amines) is 1. The molecular weight excluding hydrogens is 384 g/mol. The van der Waals surface area contributed by atoms with Crippen molar-refractivity contribution in [2.45, 2.75) is 38.6 Å². The molecule has 4 nitrogen and oxygen atoms in total. The number of benzene rings is 2. The molecule has 2 aliphatic rings. The molecule has 1 aliphatic carbocycles. The molecule has 0 bridgehead atoms. The van der Waals surface area contributed by atoms with Gasteiger partial charge in [0.1, 0.15) is 12.4 Å². The van der Waals surface area contributed by atoms with Crippen molar-refractivity contribution in [2.24, 2.45) is 11.3 Å². The van der Waals surface area contributed by atoms with Crippen molar-refractivity contribution in [3.05, 3.63) is 78.4 Å². The third-order valence-electron chi connectivity index (χ3n) is 6.87. The SMILES string of the molecule is C=CCOc1ccccc1CN1CCC2(CC1)C[C@@H]2C(=O)NCCCc1ccccc1. The minimum Gasteiger partial charge on any atom is -0.489 e. The fourth-order valence-electron chi connectivity index (χ4n) is 4.86. The van der Waals surface area contributed by atoms with E-state index in [1.54, 1.807) is 6.08 Å². The molecule has 2 aromatic rings. The lowest BCUT2D eigenvalue weighted by molar-refractivity contribution is -0.123. The summed E-state index contributed by atoms with van der Waals surface area (Å²) in [6, 6.07) is 18.7. The minimum absolute atomic E-state index is 0.217. The van der Waals surface area contributed by atoms with Gasteiger partial charge in [0.2, 0.25) is 5.91 Å². The average Bonchev–Trinajstić information content (AvgIpc) is 3.52. The van der Waals surface area contributed by atoms with Crippen molar-refractivity contribution < 1.29 is 9.53 Å². The number of rotatable bonds is 10. The molecule has 1 saturated carbocycles. The maximum absolute atomic E-state index is 12.7. The van der Waals surface area contributed by atoms with Crippen LogP contribution >= 0.6 is 0 Å². The normalized spacial score (nSPS) is 19.7. The van der Waals surface area contributed by atoms with Gasteiger partial charge in [-0.2, -0.15) is 0 Å². The topological polar surface area (TPSA) is 41.6 Å². The van der Waals surface area contributed by atoms with Crippen molar-refractivity contribution in [1.29, 1.82) is 0 Å². The Bertz CT molecular complexity index is 872. The van der Waals surface area contributed by atoms with Crippen molar-refractivity contribution >= 4 is 5.91 Å². The van der Waals surface area contributed by atoms with E-state index in [-0.39, 0.29) is 17.2 Å². The second kappa shape index (κ2) is 10.1. The maximum atomic E-state index is 12.7. The number of carbonyl (C=O) groups excluding carboxylic acids is 1. The van der Waals surface area contributed by atoms with Crippen molar-refractivity contribution in [1.82, 2.24) is 10.2 Å². The Morgan fingerprint density at radius 3 is 2.65 bits per heavy atom. The molecule has 4 rings (SSSR count). The van der Waals surface area contributed by atoms with Gasteiger partial charge in [-0.05, 0) is 62.2 Å². The number of amides is 1. The van der Waals surface area contributed by atoms with Crippen LogP contribution in [0.5, 0.6) is 5.75 Å². The van der Waals surface area contributed by atoms with Crippen molar-refractivity contribution in [3.8, 4) is 5.75 Å². The van der Waals surface area contributed by atoms with E-state index >= 15 is 0 Å². The number of piperidine rings is 1. The maximum Gasteiger partial charge on any atom is 0.223 e. The fraction of sp³-hybridized carbons (Fsp3) is 0.444. The molecule has 1 saturated heterocycles. The standard InChI is InChI=1S/C27H34N2O2/c1-2-19-31-25-13-7-6-12-23(25)21-29-17-14-27(15-18-29)20-24(27)26(30)28-16-8-11-22-9-4-3-5-10-22/h2-7,9-10,12-13,24H,1,8,11,14-21H2,(H,28,30)/t24-/m1/s1. The van der Waals surface area contributed by atoms with E-state index in [2.05, 4.69) is 53.2 Å². The zero-order chi connectivity index (χ0) is 21.5. The highest BCUT2D eigenvalue weighted by Gasteiger charge is 2.58. The molecule has 31 heavy (non-hydrogen) atoms. The van der Waals surface area contributed by atoms with Gasteiger partial charge in [0.25, 0.3) is 0 Å². The molecule has 0 unspecified atom stereocenters. The number of nitrogens with one attached hydrogen (secondary N) is 1. The van der Waals surface area contributed by atoms with E-state index in [0.717, 1.165) is 64.0 Å². The number of ether oxygens (including phenoxy) is 1.